The van der Waals surface area contributed by atoms with Crippen LogP contribution in [0.5, 0.6) is 0 Å². The van der Waals surface area contributed by atoms with E-state index in [1.54, 1.807) is 0 Å². The molecule has 0 amide bonds. The molecule has 1 aromatic rings. The lowest BCUT2D eigenvalue weighted by Crippen LogP contribution is -2.50. The maximum absolute atomic E-state index is 6.46. The summed E-state index contributed by atoms with van der Waals surface area (Å²) in [5.74, 6) is 0.316. The van der Waals surface area contributed by atoms with E-state index in [0.29, 0.717) is 12.5 Å². The van der Waals surface area contributed by atoms with Crippen LogP contribution >= 0.6 is 0 Å². The zero-order chi connectivity index (χ0) is 13.2. The van der Waals surface area contributed by atoms with Crippen LogP contribution in [0.2, 0.25) is 0 Å². The molecule has 0 radical (unpaired) electrons. The Kier molecular flexibility index (Phi) is 4.03. The molecule has 0 bridgehead atoms. The van der Waals surface area contributed by atoms with Crippen molar-refractivity contribution in [1.82, 2.24) is 4.98 Å². The number of aromatic nitrogens is 1. The Hall–Kier alpha value is -0.930. The van der Waals surface area contributed by atoms with E-state index in [1.165, 1.54) is 17.7 Å². The lowest BCUT2D eigenvalue weighted by Gasteiger charge is -2.38. The van der Waals surface area contributed by atoms with Crippen molar-refractivity contribution in [2.24, 2.45) is 5.73 Å². The van der Waals surface area contributed by atoms with E-state index in [0.717, 1.165) is 12.8 Å². The molecular weight excluding hydrogens is 224 g/mol. The van der Waals surface area contributed by atoms with Gasteiger partial charge in [-0.1, -0.05) is 6.07 Å². The number of fused-ring (bicyclic) bond motifs is 1. The lowest BCUT2D eigenvalue weighted by atomic mass is 9.77. The van der Waals surface area contributed by atoms with E-state index in [-0.39, 0.29) is 11.6 Å². The van der Waals surface area contributed by atoms with Gasteiger partial charge >= 0.3 is 0 Å². The van der Waals surface area contributed by atoms with Crippen molar-refractivity contribution in [3.05, 3.63) is 29.6 Å². The molecule has 0 saturated heterocycles. The summed E-state index contributed by atoms with van der Waals surface area (Å²) in [5.41, 5.74) is 8.70. The molecule has 0 spiro atoms. The molecule has 0 aliphatic heterocycles. The Balaban J connectivity index is 2.25. The topological polar surface area (TPSA) is 48.1 Å². The third-order valence-electron chi connectivity index (χ3n) is 3.99. The zero-order valence-electron chi connectivity index (χ0n) is 11.6. The molecule has 2 rings (SSSR count). The number of aryl methyl sites for hydroxylation is 1. The first-order valence-electron chi connectivity index (χ1n) is 6.89. The average molecular weight is 248 g/mol. The number of rotatable bonds is 4. The predicted molar refractivity (Wildman–Crippen MR) is 73.6 cm³/mol. The number of nitrogens with two attached hydrogens (primary N) is 1. The molecule has 3 heteroatoms. The van der Waals surface area contributed by atoms with Gasteiger partial charge in [0.25, 0.3) is 0 Å². The van der Waals surface area contributed by atoms with Crippen molar-refractivity contribution in [3.63, 3.8) is 0 Å². The summed E-state index contributed by atoms with van der Waals surface area (Å²) in [4.78, 5) is 4.56. The standard InChI is InChI=1S/C15H24N2O/c1-4-18-15(2,3)14(16)12-9-5-7-11-8-6-10-17-13(11)12/h6,8,10,12,14H,4-5,7,9,16H2,1-3H3. The van der Waals surface area contributed by atoms with E-state index < -0.39 is 0 Å². The normalized spacial score (nSPS) is 21.4. The fourth-order valence-electron chi connectivity index (χ4n) is 2.95. The number of pyridine rings is 1. The summed E-state index contributed by atoms with van der Waals surface area (Å²) in [5, 5.41) is 0. The van der Waals surface area contributed by atoms with E-state index in [9.17, 15) is 0 Å². The Morgan fingerprint density at radius 2 is 2.33 bits per heavy atom. The number of hydrogen-bond acceptors (Lipinski definition) is 3. The van der Waals surface area contributed by atoms with Crippen molar-refractivity contribution < 1.29 is 4.74 Å². The SMILES string of the molecule is CCOC(C)(C)C(N)C1CCCc2cccnc21. The first-order chi connectivity index (χ1) is 8.56. The number of nitrogens with zero attached hydrogens (tertiary/aromatic N) is 1. The maximum atomic E-state index is 6.46. The van der Waals surface area contributed by atoms with Gasteiger partial charge in [0.1, 0.15) is 0 Å². The molecule has 0 saturated carbocycles. The molecule has 0 fully saturated rings. The second kappa shape index (κ2) is 5.37. The highest BCUT2D eigenvalue weighted by Gasteiger charge is 2.36. The quantitative estimate of drug-likeness (QED) is 0.891. The first kappa shape index (κ1) is 13.5. The molecule has 0 aromatic carbocycles. The summed E-state index contributed by atoms with van der Waals surface area (Å²) in [6.07, 6.45) is 5.31. The molecule has 18 heavy (non-hydrogen) atoms. The van der Waals surface area contributed by atoms with Crippen LogP contribution in [0.25, 0.3) is 0 Å². The fourth-order valence-corrected chi connectivity index (χ4v) is 2.95. The van der Waals surface area contributed by atoms with Crippen LogP contribution in [0.15, 0.2) is 18.3 Å². The van der Waals surface area contributed by atoms with Crippen LogP contribution in [0.4, 0.5) is 0 Å². The lowest BCUT2D eigenvalue weighted by molar-refractivity contribution is -0.0365. The second-order valence-corrected chi connectivity index (χ2v) is 5.61. The highest BCUT2D eigenvalue weighted by Crippen LogP contribution is 2.35. The molecule has 1 aromatic heterocycles. The summed E-state index contributed by atoms with van der Waals surface area (Å²) in [7, 11) is 0. The molecule has 2 atom stereocenters. The highest BCUT2D eigenvalue weighted by molar-refractivity contribution is 5.28. The molecule has 1 aliphatic carbocycles. The van der Waals surface area contributed by atoms with Gasteiger partial charge in [0, 0.05) is 30.5 Å². The van der Waals surface area contributed by atoms with Gasteiger partial charge in [-0.2, -0.15) is 0 Å². The molecule has 100 valence electrons. The van der Waals surface area contributed by atoms with Crippen molar-refractivity contribution in [1.29, 1.82) is 0 Å². The van der Waals surface area contributed by atoms with Gasteiger partial charge in [0.05, 0.1) is 5.60 Å². The monoisotopic (exact) mass is 248 g/mol. The summed E-state index contributed by atoms with van der Waals surface area (Å²) >= 11 is 0. The van der Waals surface area contributed by atoms with Gasteiger partial charge < -0.3 is 10.5 Å². The van der Waals surface area contributed by atoms with Crippen molar-refractivity contribution in [2.45, 2.75) is 57.6 Å². The van der Waals surface area contributed by atoms with Crippen LogP contribution in [0.3, 0.4) is 0 Å². The van der Waals surface area contributed by atoms with Gasteiger partial charge in [-0.15, -0.1) is 0 Å². The predicted octanol–water partition coefficient (Wildman–Crippen LogP) is 2.64. The van der Waals surface area contributed by atoms with Gasteiger partial charge in [0.2, 0.25) is 0 Å². The third-order valence-corrected chi connectivity index (χ3v) is 3.99. The van der Waals surface area contributed by atoms with Gasteiger partial charge in [-0.05, 0) is 51.7 Å². The molecule has 3 nitrogen and oxygen atoms in total. The minimum Gasteiger partial charge on any atom is -0.374 e. The largest absolute Gasteiger partial charge is 0.374 e. The molecular formula is C15H24N2O. The van der Waals surface area contributed by atoms with E-state index in [1.807, 2.05) is 19.2 Å². The Bertz CT molecular complexity index is 403. The van der Waals surface area contributed by atoms with Crippen LogP contribution in [-0.4, -0.2) is 23.2 Å². The van der Waals surface area contributed by atoms with Crippen LogP contribution < -0.4 is 5.73 Å². The molecule has 2 N–H and O–H groups in total. The third kappa shape index (κ3) is 2.57. The average Bonchev–Trinajstić information content (AvgIpc) is 2.37. The van der Waals surface area contributed by atoms with Crippen LogP contribution in [-0.2, 0) is 11.2 Å². The van der Waals surface area contributed by atoms with E-state index >= 15 is 0 Å². The van der Waals surface area contributed by atoms with Crippen molar-refractivity contribution in [2.75, 3.05) is 6.61 Å². The molecule has 1 heterocycles. The van der Waals surface area contributed by atoms with Crippen molar-refractivity contribution in [3.8, 4) is 0 Å². The minimum atomic E-state index is -0.300. The molecule has 1 aliphatic rings. The second-order valence-electron chi connectivity index (χ2n) is 5.61. The highest BCUT2D eigenvalue weighted by atomic mass is 16.5. The number of ether oxygens (including phenoxy) is 1. The summed E-state index contributed by atoms with van der Waals surface area (Å²) in [6.45, 7) is 6.88. The van der Waals surface area contributed by atoms with Crippen LogP contribution in [0.1, 0.15) is 50.8 Å². The van der Waals surface area contributed by atoms with E-state index in [2.05, 4.69) is 24.9 Å². The summed E-state index contributed by atoms with van der Waals surface area (Å²) in [6, 6.07) is 4.18. The fraction of sp³-hybridized carbons (Fsp3) is 0.667. The zero-order valence-corrected chi connectivity index (χ0v) is 11.6. The van der Waals surface area contributed by atoms with Gasteiger partial charge in [-0.3, -0.25) is 4.98 Å². The Morgan fingerprint density at radius 3 is 3.06 bits per heavy atom. The van der Waals surface area contributed by atoms with Gasteiger partial charge in [0.15, 0.2) is 0 Å². The smallest absolute Gasteiger partial charge is 0.0783 e. The minimum absolute atomic E-state index is 0.00796. The maximum Gasteiger partial charge on any atom is 0.0783 e. The Labute approximate surface area is 110 Å². The number of hydrogen-bond donors (Lipinski definition) is 1. The van der Waals surface area contributed by atoms with Gasteiger partial charge in [-0.25, -0.2) is 0 Å². The summed E-state index contributed by atoms with van der Waals surface area (Å²) < 4.78 is 5.81. The molecule has 2 unspecified atom stereocenters. The van der Waals surface area contributed by atoms with Crippen molar-refractivity contribution >= 4 is 0 Å². The first-order valence-corrected chi connectivity index (χ1v) is 6.89. The van der Waals surface area contributed by atoms with Crippen LogP contribution in [0, 0.1) is 0 Å². The Morgan fingerprint density at radius 1 is 1.56 bits per heavy atom. The van der Waals surface area contributed by atoms with E-state index in [4.69, 9.17) is 10.5 Å².